The second-order valence-corrected chi connectivity index (χ2v) is 6.01. The maximum atomic E-state index is 11.3. The lowest BCUT2D eigenvalue weighted by atomic mass is 10.1. The molecule has 0 unspecified atom stereocenters. The summed E-state index contributed by atoms with van der Waals surface area (Å²) in [5.41, 5.74) is 0. The molecule has 1 amide bonds. The third-order valence-corrected chi connectivity index (χ3v) is 4.44. The summed E-state index contributed by atoms with van der Waals surface area (Å²) in [5.74, 6) is 1.47. The fourth-order valence-electron chi connectivity index (χ4n) is 2.17. The number of carbonyl (C=O) groups excluding carboxylic acids is 1. The molecule has 17 heavy (non-hydrogen) atoms. The molecular formula is C14H27NOS. The van der Waals surface area contributed by atoms with Crippen molar-refractivity contribution in [2.24, 2.45) is 0 Å². The van der Waals surface area contributed by atoms with Gasteiger partial charge in [0.2, 0.25) is 5.91 Å². The van der Waals surface area contributed by atoms with Gasteiger partial charge in [0.25, 0.3) is 0 Å². The average Bonchev–Trinajstić information content (AvgIpc) is 2.73. The Hall–Kier alpha value is -0.180. The minimum Gasteiger partial charge on any atom is -0.286 e. The van der Waals surface area contributed by atoms with E-state index in [0.29, 0.717) is 5.91 Å². The summed E-state index contributed by atoms with van der Waals surface area (Å²) in [6.07, 6.45) is 12.7. The fraction of sp³-hybridized carbons (Fsp3) is 0.929. The molecule has 1 aliphatic rings. The first-order valence-corrected chi connectivity index (χ1v) is 8.22. The maximum Gasteiger partial charge on any atom is 0.232 e. The SMILES string of the molecule is CCCCCCCCCCSN1CCCC1=O. The van der Waals surface area contributed by atoms with E-state index in [-0.39, 0.29) is 0 Å². The number of unbranched alkanes of at least 4 members (excludes halogenated alkanes) is 7. The molecule has 3 heteroatoms. The molecule has 100 valence electrons. The summed E-state index contributed by atoms with van der Waals surface area (Å²) in [6.45, 7) is 3.23. The minimum atomic E-state index is 0.342. The second kappa shape index (κ2) is 9.81. The molecular weight excluding hydrogens is 230 g/mol. The summed E-state index contributed by atoms with van der Waals surface area (Å²) < 4.78 is 1.96. The van der Waals surface area contributed by atoms with Crippen molar-refractivity contribution in [1.82, 2.24) is 4.31 Å². The number of nitrogens with zero attached hydrogens (tertiary/aromatic N) is 1. The zero-order valence-electron chi connectivity index (χ0n) is 11.2. The molecule has 0 N–H and O–H groups in total. The van der Waals surface area contributed by atoms with E-state index in [9.17, 15) is 4.79 Å². The van der Waals surface area contributed by atoms with Gasteiger partial charge < -0.3 is 0 Å². The summed E-state index contributed by atoms with van der Waals surface area (Å²) in [5, 5.41) is 0. The molecule has 0 aromatic rings. The molecule has 2 nitrogen and oxygen atoms in total. The predicted molar refractivity (Wildman–Crippen MR) is 76.0 cm³/mol. The van der Waals surface area contributed by atoms with E-state index in [1.165, 1.54) is 51.4 Å². The predicted octanol–water partition coefficient (Wildman–Crippen LogP) is 4.40. The van der Waals surface area contributed by atoms with E-state index in [4.69, 9.17) is 0 Å². The highest BCUT2D eigenvalue weighted by Crippen LogP contribution is 2.21. The molecule has 0 saturated carbocycles. The minimum absolute atomic E-state index is 0.342. The van der Waals surface area contributed by atoms with Crippen LogP contribution in [0.4, 0.5) is 0 Å². The molecule has 1 aliphatic heterocycles. The molecule has 1 rings (SSSR count). The quantitative estimate of drug-likeness (QED) is 0.427. The van der Waals surface area contributed by atoms with Crippen molar-refractivity contribution in [1.29, 1.82) is 0 Å². The second-order valence-electron chi connectivity index (χ2n) is 4.91. The van der Waals surface area contributed by atoms with E-state index in [0.717, 1.165) is 25.1 Å². The largest absolute Gasteiger partial charge is 0.286 e. The number of hydrogen-bond donors (Lipinski definition) is 0. The Balaban J connectivity index is 1.80. The van der Waals surface area contributed by atoms with E-state index in [2.05, 4.69) is 6.92 Å². The summed E-state index contributed by atoms with van der Waals surface area (Å²) in [4.78, 5) is 11.3. The topological polar surface area (TPSA) is 20.3 Å². The maximum absolute atomic E-state index is 11.3. The van der Waals surface area contributed by atoms with Gasteiger partial charge in [-0.15, -0.1) is 0 Å². The van der Waals surface area contributed by atoms with Gasteiger partial charge in [-0.05, 0) is 24.8 Å². The molecule has 0 bridgehead atoms. The van der Waals surface area contributed by atoms with Crippen LogP contribution in [0.3, 0.4) is 0 Å². The van der Waals surface area contributed by atoms with Crippen molar-refractivity contribution in [2.75, 3.05) is 12.3 Å². The highest BCUT2D eigenvalue weighted by molar-refractivity contribution is 7.97. The van der Waals surface area contributed by atoms with Crippen molar-refractivity contribution in [3.63, 3.8) is 0 Å². The van der Waals surface area contributed by atoms with E-state index in [1.54, 1.807) is 11.9 Å². The number of hydrogen-bond acceptors (Lipinski definition) is 2. The van der Waals surface area contributed by atoms with Crippen molar-refractivity contribution in [3.8, 4) is 0 Å². The van der Waals surface area contributed by atoms with Gasteiger partial charge in [-0.25, -0.2) is 0 Å². The van der Waals surface area contributed by atoms with Crippen LogP contribution in [0.1, 0.15) is 71.1 Å². The van der Waals surface area contributed by atoms with Gasteiger partial charge in [-0.3, -0.25) is 9.10 Å². The van der Waals surface area contributed by atoms with Crippen molar-refractivity contribution in [3.05, 3.63) is 0 Å². The van der Waals surface area contributed by atoms with Gasteiger partial charge in [-0.1, -0.05) is 51.9 Å². The lowest BCUT2D eigenvalue weighted by molar-refractivity contribution is -0.123. The first-order chi connectivity index (χ1) is 8.34. The Labute approximate surface area is 111 Å². The van der Waals surface area contributed by atoms with Crippen LogP contribution in [0, 0.1) is 0 Å². The van der Waals surface area contributed by atoms with Crippen molar-refractivity contribution in [2.45, 2.75) is 71.1 Å². The molecule has 1 fully saturated rings. The van der Waals surface area contributed by atoms with Crippen LogP contribution in [0.15, 0.2) is 0 Å². The van der Waals surface area contributed by atoms with Crippen LogP contribution < -0.4 is 0 Å². The lowest BCUT2D eigenvalue weighted by Crippen LogP contribution is -2.16. The Kier molecular flexibility index (Phi) is 8.59. The van der Waals surface area contributed by atoms with Crippen LogP contribution in [-0.2, 0) is 4.79 Å². The number of amides is 1. The van der Waals surface area contributed by atoms with Crippen molar-refractivity contribution < 1.29 is 4.79 Å². The van der Waals surface area contributed by atoms with E-state index < -0.39 is 0 Å². The molecule has 1 heterocycles. The monoisotopic (exact) mass is 257 g/mol. The summed E-state index contributed by atoms with van der Waals surface area (Å²) >= 11 is 1.75. The zero-order valence-corrected chi connectivity index (χ0v) is 12.1. The van der Waals surface area contributed by atoms with Gasteiger partial charge in [0.15, 0.2) is 0 Å². The molecule has 0 aliphatic carbocycles. The Morgan fingerprint density at radius 3 is 2.29 bits per heavy atom. The van der Waals surface area contributed by atoms with Crippen molar-refractivity contribution >= 4 is 17.9 Å². The third-order valence-electron chi connectivity index (χ3n) is 3.28. The molecule has 0 radical (unpaired) electrons. The molecule has 0 aromatic heterocycles. The van der Waals surface area contributed by atoms with Crippen LogP contribution in [0.25, 0.3) is 0 Å². The van der Waals surface area contributed by atoms with Gasteiger partial charge in [0, 0.05) is 18.7 Å². The summed E-state index contributed by atoms with van der Waals surface area (Å²) in [6, 6.07) is 0. The first kappa shape index (κ1) is 14.9. The summed E-state index contributed by atoms with van der Waals surface area (Å²) in [7, 11) is 0. The molecule has 0 aromatic carbocycles. The molecule has 0 spiro atoms. The van der Waals surface area contributed by atoms with Crippen LogP contribution in [0.2, 0.25) is 0 Å². The van der Waals surface area contributed by atoms with Gasteiger partial charge >= 0.3 is 0 Å². The van der Waals surface area contributed by atoms with Crippen LogP contribution in [0.5, 0.6) is 0 Å². The molecule has 1 saturated heterocycles. The third kappa shape index (κ3) is 6.97. The number of rotatable bonds is 10. The van der Waals surface area contributed by atoms with Gasteiger partial charge in [0.05, 0.1) is 0 Å². The number of carbonyl (C=O) groups is 1. The highest BCUT2D eigenvalue weighted by atomic mass is 32.2. The standard InChI is InChI=1S/C14H27NOS/c1-2-3-4-5-6-7-8-9-13-17-15-12-10-11-14(15)16/h2-13H2,1H3. The van der Waals surface area contributed by atoms with Crippen LogP contribution in [-0.4, -0.2) is 22.5 Å². The lowest BCUT2D eigenvalue weighted by Gasteiger charge is -2.13. The van der Waals surface area contributed by atoms with Gasteiger partial charge in [0.1, 0.15) is 0 Å². The van der Waals surface area contributed by atoms with E-state index >= 15 is 0 Å². The smallest absolute Gasteiger partial charge is 0.232 e. The fourth-order valence-corrected chi connectivity index (χ4v) is 3.22. The Morgan fingerprint density at radius 1 is 1.06 bits per heavy atom. The zero-order chi connectivity index (χ0) is 12.3. The van der Waals surface area contributed by atoms with E-state index in [1.807, 2.05) is 4.31 Å². The first-order valence-electron chi connectivity index (χ1n) is 7.28. The van der Waals surface area contributed by atoms with Gasteiger partial charge in [-0.2, -0.15) is 0 Å². The highest BCUT2D eigenvalue weighted by Gasteiger charge is 2.19. The Morgan fingerprint density at radius 2 is 1.71 bits per heavy atom. The molecule has 0 atom stereocenters. The Bertz CT molecular complexity index is 208. The van der Waals surface area contributed by atoms with Crippen LogP contribution >= 0.6 is 11.9 Å². The normalized spacial score (nSPS) is 15.8. The average molecular weight is 257 g/mol.